The molecule has 1 rings (SSSR count). The second kappa shape index (κ2) is 5.21. The highest BCUT2D eigenvalue weighted by atomic mass is 19.1. The Labute approximate surface area is 82.1 Å². The van der Waals surface area contributed by atoms with Gasteiger partial charge in [-0.2, -0.15) is 0 Å². The largest absolute Gasteiger partial charge is 0.492 e. The van der Waals surface area contributed by atoms with E-state index in [1.807, 2.05) is 0 Å². The van der Waals surface area contributed by atoms with Gasteiger partial charge in [0.2, 0.25) is 6.41 Å². The average molecular weight is 197 g/mol. The van der Waals surface area contributed by atoms with E-state index in [-0.39, 0.29) is 5.82 Å². The van der Waals surface area contributed by atoms with Crippen molar-refractivity contribution in [3.05, 3.63) is 30.1 Å². The highest BCUT2D eigenvalue weighted by Gasteiger charge is 1.96. The summed E-state index contributed by atoms with van der Waals surface area (Å²) in [7, 11) is 1.67. The molecule has 0 saturated heterocycles. The maximum absolute atomic E-state index is 12.5. The van der Waals surface area contributed by atoms with Gasteiger partial charge >= 0.3 is 0 Å². The van der Waals surface area contributed by atoms with E-state index in [0.29, 0.717) is 18.9 Å². The predicted molar refractivity (Wildman–Crippen MR) is 50.6 cm³/mol. The van der Waals surface area contributed by atoms with Crippen LogP contribution < -0.4 is 4.74 Å². The lowest BCUT2D eigenvalue weighted by molar-refractivity contribution is -0.117. The molecule has 0 atom stereocenters. The van der Waals surface area contributed by atoms with Gasteiger partial charge in [-0.25, -0.2) is 4.39 Å². The molecule has 0 bridgehead atoms. The van der Waals surface area contributed by atoms with E-state index in [1.54, 1.807) is 19.2 Å². The van der Waals surface area contributed by atoms with Crippen LogP contribution in [0.4, 0.5) is 4.39 Å². The predicted octanol–water partition coefficient (Wildman–Crippen LogP) is 1.29. The zero-order valence-electron chi connectivity index (χ0n) is 7.94. The van der Waals surface area contributed by atoms with Crippen LogP contribution in [0.5, 0.6) is 5.75 Å². The van der Waals surface area contributed by atoms with Crippen LogP contribution in [-0.2, 0) is 4.79 Å². The normalized spacial score (nSPS) is 9.57. The van der Waals surface area contributed by atoms with Crippen molar-refractivity contribution < 1.29 is 13.9 Å². The molecule has 0 unspecified atom stereocenters. The number of carbonyl (C=O) groups is 1. The Kier molecular flexibility index (Phi) is 3.91. The van der Waals surface area contributed by atoms with Crippen LogP contribution in [0.1, 0.15) is 0 Å². The molecule has 0 N–H and O–H groups in total. The van der Waals surface area contributed by atoms with Crippen molar-refractivity contribution in [2.24, 2.45) is 0 Å². The number of hydrogen-bond acceptors (Lipinski definition) is 2. The lowest BCUT2D eigenvalue weighted by Gasteiger charge is -2.11. The maximum Gasteiger partial charge on any atom is 0.209 e. The van der Waals surface area contributed by atoms with Crippen LogP contribution in [-0.4, -0.2) is 31.5 Å². The highest BCUT2D eigenvalue weighted by Crippen LogP contribution is 2.10. The molecule has 0 spiro atoms. The van der Waals surface area contributed by atoms with Crippen molar-refractivity contribution in [3.63, 3.8) is 0 Å². The Morgan fingerprint density at radius 3 is 2.64 bits per heavy atom. The molecule has 0 heterocycles. The van der Waals surface area contributed by atoms with E-state index in [1.165, 1.54) is 17.0 Å². The Morgan fingerprint density at radius 2 is 2.07 bits per heavy atom. The van der Waals surface area contributed by atoms with Crippen LogP contribution in [0.15, 0.2) is 24.3 Å². The first-order chi connectivity index (χ1) is 6.72. The number of rotatable bonds is 5. The van der Waals surface area contributed by atoms with Crippen LogP contribution >= 0.6 is 0 Å². The summed E-state index contributed by atoms with van der Waals surface area (Å²) in [5, 5.41) is 0. The number of hydrogen-bond donors (Lipinski definition) is 0. The summed E-state index contributed by atoms with van der Waals surface area (Å²) in [5.41, 5.74) is 0. The van der Waals surface area contributed by atoms with E-state index < -0.39 is 0 Å². The molecule has 0 aliphatic rings. The quantitative estimate of drug-likeness (QED) is 0.666. The topological polar surface area (TPSA) is 29.5 Å². The number of nitrogens with zero attached hydrogens (tertiary/aromatic N) is 1. The van der Waals surface area contributed by atoms with E-state index in [4.69, 9.17) is 4.74 Å². The van der Waals surface area contributed by atoms with Gasteiger partial charge in [-0.1, -0.05) is 0 Å². The summed E-state index contributed by atoms with van der Waals surface area (Å²) in [5.74, 6) is 0.313. The van der Waals surface area contributed by atoms with Gasteiger partial charge in [-0.15, -0.1) is 0 Å². The molecule has 3 nitrogen and oxygen atoms in total. The van der Waals surface area contributed by atoms with Gasteiger partial charge in [0.05, 0.1) is 6.54 Å². The molecular weight excluding hydrogens is 185 g/mol. The molecular formula is C10H12FNO2. The third-order valence-corrected chi connectivity index (χ3v) is 1.71. The van der Waals surface area contributed by atoms with E-state index >= 15 is 0 Å². The minimum atomic E-state index is -0.289. The smallest absolute Gasteiger partial charge is 0.209 e. The molecule has 0 aliphatic heterocycles. The number of carbonyl (C=O) groups excluding carboxylic acids is 1. The third kappa shape index (κ3) is 3.43. The average Bonchev–Trinajstić information content (AvgIpc) is 2.21. The summed E-state index contributed by atoms with van der Waals surface area (Å²) < 4.78 is 17.7. The van der Waals surface area contributed by atoms with Crippen molar-refractivity contribution in [3.8, 4) is 5.75 Å². The first kappa shape index (κ1) is 10.5. The van der Waals surface area contributed by atoms with Gasteiger partial charge in [0, 0.05) is 7.05 Å². The van der Waals surface area contributed by atoms with Gasteiger partial charge < -0.3 is 9.64 Å². The molecule has 4 heteroatoms. The van der Waals surface area contributed by atoms with Crippen molar-refractivity contribution in [2.45, 2.75) is 0 Å². The zero-order chi connectivity index (χ0) is 10.4. The fraction of sp³-hybridized carbons (Fsp3) is 0.300. The van der Waals surface area contributed by atoms with Crippen molar-refractivity contribution >= 4 is 6.41 Å². The standard InChI is InChI=1S/C10H12FNO2/c1-12(8-13)6-7-14-10-4-2-9(11)3-5-10/h2-5,8H,6-7H2,1H3. The second-order valence-corrected chi connectivity index (χ2v) is 2.89. The molecule has 0 radical (unpaired) electrons. The fourth-order valence-corrected chi connectivity index (χ4v) is 0.891. The maximum atomic E-state index is 12.5. The van der Waals surface area contributed by atoms with Crippen molar-refractivity contribution in [2.75, 3.05) is 20.2 Å². The third-order valence-electron chi connectivity index (χ3n) is 1.71. The number of halogens is 1. The van der Waals surface area contributed by atoms with Crippen LogP contribution in [0, 0.1) is 5.82 Å². The molecule has 0 aliphatic carbocycles. The highest BCUT2D eigenvalue weighted by molar-refractivity contribution is 5.46. The van der Waals surface area contributed by atoms with Gasteiger partial charge in [-0.05, 0) is 24.3 Å². The van der Waals surface area contributed by atoms with Crippen molar-refractivity contribution in [1.82, 2.24) is 4.90 Å². The minimum Gasteiger partial charge on any atom is -0.492 e. The molecule has 1 aromatic rings. The number of likely N-dealkylation sites (N-methyl/N-ethyl adjacent to an activating group) is 1. The molecule has 0 aromatic heterocycles. The molecule has 14 heavy (non-hydrogen) atoms. The molecule has 1 aromatic carbocycles. The van der Waals surface area contributed by atoms with E-state index in [2.05, 4.69) is 0 Å². The SMILES string of the molecule is CN(C=O)CCOc1ccc(F)cc1. The summed E-state index contributed by atoms with van der Waals surface area (Å²) in [4.78, 5) is 11.7. The molecule has 0 saturated carbocycles. The van der Waals surface area contributed by atoms with Crippen LogP contribution in [0.3, 0.4) is 0 Å². The summed E-state index contributed by atoms with van der Waals surface area (Å²) in [6.07, 6.45) is 0.730. The van der Waals surface area contributed by atoms with E-state index in [9.17, 15) is 9.18 Å². The van der Waals surface area contributed by atoms with Gasteiger partial charge in [0.15, 0.2) is 0 Å². The summed E-state index contributed by atoms with van der Waals surface area (Å²) in [6.45, 7) is 0.918. The minimum absolute atomic E-state index is 0.289. The van der Waals surface area contributed by atoms with Crippen LogP contribution in [0.2, 0.25) is 0 Å². The Hall–Kier alpha value is -1.58. The van der Waals surface area contributed by atoms with Crippen molar-refractivity contribution in [1.29, 1.82) is 0 Å². The summed E-state index contributed by atoms with van der Waals surface area (Å²) in [6, 6.07) is 5.77. The number of amides is 1. The van der Waals surface area contributed by atoms with Gasteiger partial charge in [-0.3, -0.25) is 4.79 Å². The lowest BCUT2D eigenvalue weighted by atomic mass is 10.3. The fourth-order valence-electron chi connectivity index (χ4n) is 0.891. The first-order valence-electron chi connectivity index (χ1n) is 4.26. The second-order valence-electron chi connectivity index (χ2n) is 2.89. The number of ether oxygens (including phenoxy) is 1. The van der Waals surface area contributed by atoms with Gasteiger partial charge in [0.1, 0.15) is 18.2 Å². The lowest BCUT2D eigenvalue weighted by Crippen LogP contribution is -2.22. The van der Waals surface area contributed by atoms with Crippen LogP contribution in [0.25, 0.3) is 0 Å². The van der Waals surface area contributed by atoms with Gasteiger partial charge in [0.25, 0.3) is 0 Å². The number of benzene rings is 1. The Bertz CT molecular complexity index is 287. The first-order valence-corrected chi connectivity index (χ1v) is 4.26. The molecule has 76 valence electrons. The Morgan fingerprint density at radius 1 is 1.43 bits per heavy atom. The Balaban J connectivity index is 2.31. The molecule has 0 fully saturated rings. The zero-order valence-corrected chi connectivity index (χ0v) is 7.94. The van der Waals surface area contributed by atoms with E-state index in [0.717, 1.165) is 6.41 Å². The summed E-state index contributed by atoms with van der Waals surface area (Å²) >= 11 is 0. The monoisotopic (exact) mass is 197 g/mol. The molecule has 1 amide bonds.